The summed E-state index contributed by atoms with van der Waals surface area (Å²) in [5.41, 5.74) is 0.440. The van der Waals surface area contributed by atoms with Gasteiger partial charge in [-0.25, -0.2) is 0 Å². The van der Waals surface area contributed by atoms with Crippen molar-refractivity contribution in [2.75, 3.05) is 14.2 Å². The molecule has 0 aromatic heterocycles. The Morgan fingerprint density at radius 3 is 2.02 bits per heavy atom. The second-order valence-corrected chi connectivity index (χ2v) is 10.5. The summed E-state index contributed by atoms with van der Waals surface area (Å²) in [6, 6.07) is 19.1. The van der Waals surface area contributed by atoms with Crippen LogP contribution >= 0.6 is 0 Å². The summed E-state index contributed by atoms with van der Waals surface area (Å²) in [4.78, 5) is 42.9. The molecule has 0 saturated carbocycles. The number of methoxy groups -OCH3 is 2. The van der Waals surface area contributed by atoms with E-state index in [0.717, 1.165) is 5.56 Å². The van der Waals surface area contributed by atoms with Gasteiger partial charge in [-0.05, 0) is 53.1 Å². The maximum absolute atomic E-state index is 14.4. The summed E-state index contributed by atoms with van der Waals surface area (Å²) >= 11 is 0. The highest BCUT2D eigenvalue weighted by molar-refractivity contribution is 6.09. The van der Waals surface area contributed by atoms with E-state index in [-0.39, 0.29) is 5.78 Å². The lowest BCUT2D eigenvalue weighted by atomic mass is 9.65. The van der Waals surface area contributed by atoms with Crippen molar-refractivity contribution in [2.45, 2.75) is 37.6 Å². The highest BCUT2D eigenvalue weighted by Crippen LogP contribution is 2.63. The minimum atomic E-state index is -1.93. The predicted molar refractivity (Wildman–Crippen MR) is 144 cm³/mol. The average Bonchev–Trinajstić information content (AvgIpc) is 3.28. The molecule has 0 amide bonds. The van der Waals surface area contributed by atoms with E-state index in [4.69, 9.17) is 18.9 Å². The van der Waals surface area contributed by atoms with E-state index in [9.17, 15) is 14.4 Å². The quantitative estimate of drug-likeness (QED) is 0.269. The van der Waals surface area contributed by atoms with Crippen LogP contribution < -0.4 is 9.47 Å². The summed E-state index contributed by atoms with van der Waals surface area (Å²) in [5.74, 6) is -3.13. The monoisotopic (exact) mass is 540 g/mol. The number of fused-ring (bicyclic) bond motifs is 4. The molecule has 0 aliphatic carbocycles. The second-order valence-electron chi connectivity index (χ2n) is 10.5. The van der Waals surface area contributed by atoms with Crippen LogP contribution in [0.1, 0.15) is 52.9 Å². The van der Waals surface area contributed by atoms with Gasteiger partial charge >= 0.3 is 11.9 Å². The van der Waals surface area contributed by atoms with Crippen LogP contribution in [0.5, 0.6) is 11.5 Å². The minimum Gasteiger partial charge on any atom is -0.497 e. The Bertz CT molecular complexity index is 1510. The van der Waals surface area contributed by atoms with Gasteiger partial charge in [-0.15, -0.1) is 0 Å². The maximum atomic E-state index is 14.4. The molecular weight excluding hydrogens is 512 g/mol. The molecule has 0 bridgehead atoms. The van der Waals surface area contributed by atoms with Gasteiger partial charge in [-0.2, -0.15) is 5.10 Å². The van der Waals surface area contributed by atoms with Crippen molar-refractivity contribution in [1.82, 2.24) is 5.01 Å². The SMILES string of the molecule is COc1ccc(C(=O)[C@@H]2[C@@H](c3ccc(OC)cc3)C3(C(=O)OC(C)(C)OC3=O)[C@H]3c4ccccc4C=NN23)cc1. The molecule has 1 spiro atoms. The molecule has 3 aliphatic rings. The van der Waals surface area contributed by atoms with Gasteiger partial charge < -0.3 is 18.9 Å². The van der Waals surface area contributed by atoms with E-state index < -0.39 is 41.1 Å². The van der Waals surface area contributed by atoms with Crippen LogP contribution in [0.3, 0.4) is 0 Å². The Labute approximate surface area is 231 Å². The van der Waals surface area contributed by atoms with Crippen molar-refractivity contribution in [3.05, 3.63) is 95.1 Å². The van der Waals surface area contributed by atoms with Crippen LogP contribution in [0.4, 0.5) is 0 Å². The number of esters is 2. The van der Waals surface area contributed by atoms with Gasteiger partial charge in [0.2, 0.25) is 5.41 Å². The first kappa shape index (κ1) is 25.6. The molecule has 0 N–H and O–H groups in total. The van der Waals surface area contributed by atoms with E-state index >= 15 is 0 Å². The van der Waals surface area contributed by atoms with Crippen molar-refractivity contribution in [2.24, 2.45) is 10.5 Å². The lowest BCUT2D eigenvalue weighted by Gasteiger charge is -2.44. The Morgan fingerprint density at radius 1 is 0.850 bits per heavy atom. The highest BCUT2D eigenvalue weighted by atomic mass is 16.7. The molecule has 0 radical (unpaired) electrons. The molecule has 3 aliphatic heterocycles. The summed E-state index contributed by atoms with van der Waals surface area (Å²) < 4.78 is 22.2. The van der Waals surface area contributed by atoms with Gasteiger partial charge in [0, 0.05) is 25.3 Å². The van der Waals surface area contributed by atoms with Crippen molar-refractivity contribution in [3.8, 4) is 11.5 Å². The zero-order chi connectivity index (χ0) is 28.2. The molecule has 3 heterocycles. The van der Waals surface area contributed by atoms with Crippen molar-refractivity contribution >= 4 is 23.9 Å². The Hall–Kier alpha value is -4.66. The molecule has 3 aromatic rings. The average molecular weight is 541 g/mol. The third-order valence-electron chi connectivity index (χ3n) is 7.88. The number of benzene rings is 3. The van der Waals surface area contributed by atoms with E-state index in [1.165, 1.54) is 13.8 Å². The van der Waals surface area contributed by atoms with E-state index in [2.05, 4.69) is 5.10 Å². The molecule has 0 unspecified atom stereocenters. The zero-order valence-electron chi connectivity index (χ0n) is 22.5. The van der Waals surface area contributed by atoms with Gasteiger partial charge in [0.05, 0.1) is 20.4 Å². The van der Waals surface area contributed by atoms with Gasteiger partial charge in [0.1, 0.15) is 23.6 Å². The number of rotatable bonds is 5. The van der Waals surface area contributed by atoms with E-state index in [1.807, 2.05) is 24.3 Å². The molecule has 3 aromatic carbocycles. The van der Waals surface area contributed by atoms with Crippen LogP contribution in [0.25, 0.3) is 0 Å². The molecule has 2 fully saturated rings. The number of ether oxygens (including phenoxy) is 4. The normalized spacial score (nSPS) is 23.6. The van der Waals surface area contributed by atoms with Crippen LogP contribution in [0.2, 0.25) is 0 Å². The molecule has 204 valence electrons. The van der Waals surface area contributed by atoms with Crippen molar-refractivity contribution in [1.29, 1.82) is 0 Å². The van der Waals surface area contributed by atoms with Crippen molar-refractivity contribution < 1.29 is 33.3 Å². The molecule has 40 heavy (non-hydrogen) atoms. The van der Waals surface area contributed by atoms with Gasteiger partial charge in [0.15, 0.2) is 5.78 Å². The fraction of sp³-hybridized carbons (Fsp3) is 0.290. The molecular formula is C31H28N2O7. The number of carbonyl (C=O) groups is 3. The number of carbonyl (C=O) groups excluding carboxylic acids is 3. The molecule has 2 saturated heterocycles. The lowest BCUT2D eigenvalue weighted by molar-refractivity contribution is -0.254. The largest absolute Gasteiger partial charge is 0.497 e. The number of cyclic esters (lactones) is 2. The van der Waals surface area contributed by atoms with Crippen molar-refractivity contribution in [3.63, 3.8) is 0 Å². The number of ketones is 1. The number of hydrogen-bond donors (Lipinski definition) is 0. The Morgan fingerprint density at radius 2 is 1.43 bits per heavy atom. The van der Waals surface area contributed by atoms with E-state index in [0.29, 0.717) is 28.2 Å². The first-order valence-corrected chi connectivity index (χ1v) is 12.9. The predicted octanol–water partition coefficient (Wildman–Crippen LogP) is 4.27. The first-order valence-electron chi connectivity index (χ1n) is 12.9. The third kappa shape index (κ3) is 3.68. The van der Waals surface area contributed by atoms with Crippen LogP contribution in [-0.2, 0) is 19.1 Å². The van der Waals surface area contributed by atoms with Gasteiger partial charge in [-0.3, -0.25) is 19.4 Å². The topological polar surface area (TPSA) is 104 Å². The maximum Gasteiger partial charge on any atom is 0.330 e. The molecule has 3 atom stereocenters. The lowest BCUT2D eigenvalue weighted by Crippen LogP contribution is -2.58. The smallest absolute Gasteiger partial charge is 0.330 e. The van der Waals surface area contributed by atoms with Crippen LogP contribution in [-0.4, -0.2) is 55.0 Å². The standard InChI is InChI=1S/C31H28N2O7/c1-30(2)39-28(35)31(29(36)40-30)24(18-9-13-21(37-3)14-10-18)25(26(34)19-11-15-22(38-4)16-12-19)33-27(31)23-8-6-5-7-20(23)17-32-33/h5-17,24-25,27H,1-4H3/t24-,25+,27-/m1/s1. The van der Waals surface area contributed by atoms with Gasteiger partial charge in [-0.1, -0.05) is 36.4 Å². The Kier molecular flexibility index (Phi) is 5.90. The fourth-order valence-electron chi connectivity index (χ4n) is 6.12. The summed E-state index contributed by atoms with van der Waals surface area (Å²) in [5, 5.41) is 6.26. The fourth-order valence-corrected chi connectivity index (χ4v) is 6.12. The van der Waals surface area contributed by atoms with Crippen LogP contribution in [0, 0.1) is 5.41 Å². The molecule has 9 nitrogen and oxygen atoms in total. The summed E-state index contributed by atoms with van der Waals surface area (Å²) in [6.45, 7) is 3.02. The summed E-state index contributed by atoms with van der Waals surface area (Å²) in [6.07, 6.45) is 1.65. The number of nitrogens with zero attached hydrogens (tertiary/aromatic N) is 2. The van der Waals surface area contributed by atoms with E-state index in [1.54, 1.807) is 74.0 Å². The molecule has 6 rings (SSSR count). The molecule has 9 heteroatoms. The summed E-state index contributed by atoms with van der Waals surface area (Å²) in [7, 11) is 3.09. The highest BCUT2D eigenvalue weighted by Gasteiger charge is 2.75. The third-order valence-corrected chi connectivity index (χ3v) is 7.88. The number of hydrogen-bond acceptors (Lipinski definition) is 9. The number of Topliss-reactive ketones (excluding diaryl/α,β-unsaturated/α-hetero) is 1. The zero-order valence-corrected chi connectivity index (χ0v) is 22.5. The van der Waals surface area contributed by atoms with Crippen LogP contribution in [0.15, 0.2) is 77.9 Å². The number of hydrazone groups is 1. The first-order chi connectivity index (χ1) is 19.2. The Balaban J connectivity index is 1.62. The minimum absolute atomic E-state index is 0.313. The second kappa shape index (κ2) is 9.22. The van der Waals surface area contributed by atoms with Gasteiger partial charge in [0.25, 0.3) is 5.79 Å².